The second-order valence-corrected chi connectivity index (χ2v) is 6.34. The molecule has 4 heteroatoms. The fraction of sp³-hybridized carbons (Fsp3) is 0.706. The van der Waals surface area contributed by atoms with Gasteiger partial charge in [-0.1, -0.05) is 13.8 Å². The maximum absolute atomic E-state index is 5.47. The van der Waals surface area contributed by atoms with Gasteiger partial charge in [0.05, 0.1) is 6.10 Å². The van der Waals surface area contributed by atoms with Crippen molar-refractivity contribution in [2.24, 2.45) is 0 Å². The molecule has 4 nitrogen and oxygen atoms in total. The number of methoxy groups -OCH3 is 1. The minimum atomic E-state index is 0.407. The van der Waals surface area contributed by atoms with Crippen LogP contribution in [0.5, 0.6) is 0 Å². The molecule has 0 aliphatic carbocycles. The molecule has 0 saturated carbocycles. The molecule has 2 rings (SSSR count). The lowest BCUT2D eigenvalue weighted by Crippen LogP contribution is -2.38. The van der Waals surface area contributed by atoms with Gasteiger partial charge < -0.3 is 15.0 Å². The SMILES string of the molecule is COC1CCN(c2nc(C)cc(C)c2CNC(C)C)CC1. The molecule has 1 aromatic heterocycles. The Hall–Kier alpha value is -1.13. The van der Waals surface area contributed by atoms with Crippen LogP contribution in [0.1, 0.15) is 43.5 Å². The first-order chi connectivity index (χ1) is 10.0. The van der Waals surface area contributed by atoms with Crippen molar-refractivity contribution in [1.29, 1.82) is 0 Å². The van der Waals surface area contributed by atoms with Crippen LogP contribution in [0.2, 0.25) is 0 Å². The van der Waals surface area contributed by atoms with Crippen LogP contribution < -0.4 is 10.2 Å². The number of anilines is 1. The predicted octanol–water partition coefficient (Wildman–Crippen LogP) is 2.81. The van der Waals surface area contributed by atoms with E-state index in [9.17, 15) is 0 Å². The van der Waals surface area contributed by atoms with Gasteiger partial charge in [-0.15, -0.1) is 0 Å². The third kappa shape index (κ3) is 4.17. The molecule has 21 heavy (non-hydrogen) atoms. The predicted molar refractivity (Wildman–Crippen MR) is 87.9 cm³/mol. The smallest absolute Gasteiger partial charge is 0.133 e. The largest absolute Gasteiger partial charge is 0.381 e. The van der Waals surface area contributed by atoms with Crippen molar-refractivity contribution in [3.05, 3.63) is 22.9 Å². The molecule has 2 heterocycles. The molecule has 1 aliphatic rings. The van der Waals surface area contributed by atoms with E-state index in [1.807, 2.05) is 7.11 Å². The lowest BCUT2D eigenvalue weighted by molar-refractivity contribution is 0.0817. The zero-order valence-electron chi connectivity index (χ0n) is 14.1. The summed E-state index contributed by atoms with van der Waals surface area (Å²) in [5, 5.41) is 3.53. The summed E-state index contributed by atoms with van der Waals surface area (Å²) in [6.45, 7) is 11.6. The molecule has 0 atom stereocenters. The van der Waals surface area contributed by atoms with Gasteiger partial charge >= 0.3 is 0 Å². The molecular weight excluding hydrogens is 262 g/mol. The van der Waals surface area contributed by atoms with E-state index < -0.39 is 0 Å². The lowest BCUT2D eigenvalue weighted by atomic mass is 10.0. The number of rotatable bonds is 5. The summed E-state index contributed by atoms with van der Waals surface area (Å²) in [7, 11) is 1.81. The Labute approximate surface area is 128 Å². The van der Waals surface area contributed by atoms with E-state index in [4.69, 9.17) is 9.72 Å². The molecule has 0 unspecified atom stereocenters. The summed E-state index contributed by atoms with van der Waals surface area (Å²) in [4.78, 5) is 7.26. The maximum atomic E-state index is 5.47. The van der Waals surface area contributed by atoms with Crippen LogP contribution >= 0.6 is 0 Å². The van der Waals surface area contributed by atoms with Crippen molar-refractivity contribution in [3.63, 3.8) is 0 Å². The van der Waals surface area contributed by atoms with E-state index >= 15 is 0 Å². The summed E-state index contributed by atoms with van der Waals surface area (Å²) in [6, 6.07) is 2.67. The second kappa shape index (κ2) is 7.23. The normalized spacial score (nSPS) is 16.8. The molecule has 118 valence electrons. The number of nitrogens with zero attached hydrogens (tertiary/aromatic N) is 2. The van der Waals surface area contributed by atoms with Crippen LogP contribution in [0, 0.1) is 13.8 Å². The fourth-order valence-corrected chi connectivity index (χ4v) is 2.93. The number of aromatic nitrogens is 1. The summed E-state index contributed by atoms with van der Waals surface area (Å²) in [5.41, 5.74) is 3.77. The quantitative estimate of drug-likeness (QED) is 0.905. The molecule has 0 amide bonds. The van der Waals surface area contributed by atoms with Gasteiger partial charge in [-0.2, -0.15) is 0 Å². The number of ether oxygens (including phenoxy) is 1. The molecular formula is C17H29N3O. The minimum Gasteiger partial charge on any atom is -0.381 e. The molecule has 1 aliphatic heterocycles. The zero-order valence-corrected chi connectivity index (χ0v) is 14.1. The topological polar surface area (TPSA) is 37.4 Å². The minimum absolute atomic E-state index is 0.407. The number of nitrogens with one attached hydrogen (secondary N) is 1. The number of pyridine rings is 1. The Bertz CT molecular complexity index is 465. The van der Waals surface area contributed by atoms with Gasteiger partial charge in [0.25, 0.3) is 0 Å². The van der Waals surface area contributed by atoms with Gasteiger partial charge in [-0.25, -0.2) is 4.98 Å². The van der Waals surface area contributed by atoms with Crippen LogP contribution in [-0.2, 0) is 11.3 Å². The average molecular weight is 291 g/mol. The Kier molecular flexibility index (Phi) is 5.59. The molecule has 1 aromatic rings. The third-order valence-electron chi connectivity index (χ3n) is 4.22. The van der Waals surface area contributed by atoms with E-state index in [0.717, 1.165) is 44.0 Å². The molecule has 0 spiro atoms. The van der Waals surface area contributed by atoms with Crippen molar-refractivity contribution < 1.29 is 4.74 Å². The summed E-state index contributed by atoms with van der Waals surface area (Å²) in [6.07, 6.45) is 2.58. The first-order valence-corrected chi connectivity index (χ1v) is 7.99. The maximum Gasteiger partial charge on any atom is 0.133 e. The van der Waals surface area contributed by atoms with E-state index in [1.54, 1.807) is 0 Å². The van der Waals surface area contributed by atoms with E-state index in [-0.39, 0.29) is 0 Å². The van der Waals surface area contributed by atoms with Gasteiger partial charge in [0, 0.05) is 44.0 Å². The molecule has 0 aromatic carbocycles. The van der Waals surface area contributed by atoms with E-state index in [2.05, 4.69) is 44.0 Å². The molecule has 1 N–H and O–H groups in total. The van der Waals surface area contributed by atoms with Crippen LogP contribution in [-0.4, -0.2) is 37.3 Å². The van der Waals surface area contributed by atoms with Crippen LogP contribution in [0.3, 0.4) is 0 Å². The van der Waals surface area contributed by atoms with Crippen molar-refractivity contribution in [2.45, 2.75) is 59.2 Å². The lowest BCUT2D eigenvalue weighted by Gasteiger charge is -2.34. The van der Waals surface area contributed by atoms with Gasteiger partial charge in [-0.05, 0) is 38.3 Å². The van der Waals surface area contributed by atoms with Gasteiger partial charge in [0.1, 0.15) is 5.82 Å². The highest BCUT2D eigenvalue weighted by Gasteiger charge is 2.22. The number of hydrogen-bond donors (Lipinski definition) is 1. The monoisotopic (exact) mass is 291 g/mol. The summed E-state index contributed by atoms with van der Waals surface area (Å²) >= 11 is 0. The fourth-order valence-electron chi connectivity index (χ4n) is 2.93. The molecule has 1 saturated heterocycles. The van der Waals surface area contributed by atoms with Crippen LogP contribution in [0.4, 0.5) is 5.82 Å². The number of piperidine rings is 1. The van der Waals surface area contributed by atoms with Crippen LogP contribution in [0.25, 0.3) is 0 Å². The standard InChI is InChI=1S/C17H29N3O/c1-12(2)18-11-16-13(3)10-14(4)19-17(16)20-8-6-15(21-5)7-9-20/h10,12,15,18H,6-9,11H2,1-5H3. The Morgan fingerprint density at radius 3 is 2.57 bits per heavy atom. The summed E-state index contributed by atoms with van der Waals surface area (Å²) in [5.74, 6) is 1.16. The Balaban J connectivity index is 2.20. The van der Waals surface area contributed by atoms with Gasteiger partial charge in [0.15, 0.2) is 0 Å². The Morgan fingerprint density at radius 1 is 1.33 bits per heavy atom. The van der Waals surface area contributed by atoms with Crippen LogP contribution in [0.15, 0.2) is 6.07 Å². The highest BCUT2D eigenvalue weighted by Crippen LogP contribution is 2.26. The van der Waals surface area contributed by atoms with Crippen molar-refractivity contribution in [2.75, 3.05) is 25.1 Å². The summed E-state index contributed by atoms with van der Waals surface area (Å²) < 4.78 is 5.47. The van der Waals surface area contributed by atoms with Gasteiger partial charge in [-0.3, -0.25) is 0 Å². The Morgan fingerprint density at radius 2 is 2.00 bits per heavy atom. The van der Waals surface area contributed by atoms with Gasteiger partial charge in [0.2, 0.25) is 0 Å². The first kappa shape index (κ1) is 16.2. The highest BCUT2D eigenvalue weighted by atomic mass is 16.5. The van der Waals surface area contributed by atoms with Crippen molar-refractivity contribution in [3.8, 4) is 0 Å². The highest BCUT2D eigenvalue weighted by molar-refractivity contribution is 5.52. The van der Waals surface area contributed by atoms with E-state index in [0.29, 0.717) is 12.1 Å². The zero-order chi connectivity index (χ0) is 15.4. The average Bonchev–Trinajstić information content (AvgIpc) is 2.45. The molecule has 0 bridgehead atoms. The number of hydrogen-bond acceptors (Lipinski definition) is 4. The van der Waals surface area contributed by atoms with Crippen molar-refractivity contribution >= 4 is 5.82 Å². The van der Waals surface area contributed by atoms with E-state index in [1.165, 1.54) is 11.1 Å². The number of aryl methyl sites for hydroxylation is 2. The van der Waals surface area contributed by atoms with Crippen molar-refractivity contribution in [1.82, 2.24) is 10.3 Å². The molecule has 1 fully saturated rings. The molecule has 0 radical (unpaired) electrons. The third-order valence-corrected chi connectivity index (χ3v) is 4.22. The second-order valence-electron chi connectivity index (χ2n) is 6.34. The first-order valence-electron chi connectivity index (χ1n) is 7.99.